The molecule has 0 bridgehead atoms. The summed E-state index contributed by atoms with van der Waals surface area (Å²) in [7, 11) is 6.60. The summed E-state index contributed by atoms with van der Waals surface area (Å²) in [6.07, 6.45) is 0. The number of anilines is 1. The Labute approximate surface area is 107 Å². The third-order valence-corrected chi connectivity index (χ3v) is 3.90. The van der Waals surface area contributed by atoms with E-state index in [-0.39, 0.29) is 0 Å². The molecule has 2 nitrogen and oxygen atoms in total. The molecular formula is C14H16ClN2+. The molecule has 1 heterocycles. The Balaban J connectivity index is 2.50. The van der Waals surface area contributed by atoms with Crippen molar-refractivity contribution in [3.05, 3.63) is 35.4 Å². The van der Waals surface area contributed by atoms with E-state index in [9.17, 15) is 0 Å². The van der Waals surface area contributed by atoms with Gasteiger partial charge in [-0.15, -0.1) is 0 Å². The van der Waals surface area contributed by atoms with Gasteiger partial charge in [-0.25, -0.2) is 0 Å². The van der Waals surface area contributed by atoms with Gasteiger partial charge < -0.3 is 4.90 Å². The smallest absolute Gasteiger partial charge is 0.158 e. The standard InChI is InChI=1S/C14H16ClN2/c1-16-9-17(2,3)13-6-4-5-10-11(15)7-8-12(16)14(10)13/h4-8H,9H2,1-3H3/q+1. The average molecular weight is 248 g/mol. The van der Waals surface area contributed by atoms with E-state index in [1.54, 1.807) is 0 Å². The first-order valence-electron chi connectivity index (χ1n) is 5.76. The molecule has 0 aliphatic carbocycles. The summed E-state index contributed by atoms with van der Waals surface area (Å²) in [5.74, 6) is 0. The van der Waals surface area contributed by atoms with Crippen molar-refractivity contribution >= 4 is 33.7 Å². The van der Waals surface area contributed by atoms with Crippen LogP contribution >= 0.6 is 11.6 Å². The second-order valence-corrected chi connectivity index (χ2v) is 5.70. The third-order valence-electron chi connectivity index (χ3n) is 3.57. The highest BCUT2D eigenvalue weighted by atomic mass is 35.5. The normalized spacial score (nSPS) is 17.5. The van der Waals surface area contributed by atoms with Gasteiger partial charge in [0.2, 0.25) is 0 Å². The number of quaternary nitrogens is 1. The van der Waals surface area contributed by atoms with E-state index in [0.717, 1.165) is 21.6 Å². The van der Waals surface area contributed by atoms with E-state index in [4.69, 9.17) is 11.6 Å². The van der Waals surface area contributed by atoms with Crippen molar-refractivity contribution in [3.63, 3.8) is 0 Å². The van der Waals surface area contributed by atoms with Crippen LogP contribution in [-0.4, -0.2) is 27.8 Å². The van der Waals surface area contributed by atoms with Crippen molar-refractivity contribution in [2.24, 2.45) is 0 Å². The van der Waals surface area contributed by atoms with E-state index < -0.39 is 0 Å². The van der Waals surface area contributed by atoms with Crippen LogP contribution in [0, 0.1) is 0 Å². The Kier molecular flexibility index (Phi) is 2.16. The first-order chi connectivity index (χ1) is 8.00. The quantitative estimate of drug-likeness (QED) is 0.645. The van der Waals surface area contributed by atoms with Crippen LogP contribution < -0.4 is 9.38 Å². The van der Waals surface area contributed by atoms with E-state index in [0.29, 0.717) is 0 Å². The average Bonchev–Trinajstić information content (AvgIpc) is 2.27. The minimum atomic E-state index is 0.834. The summed E-state index contributed by atoms with van der Waals surface area (Å²) in [6.45, 7) is 0.980. The van der Waals surface area contributed by atoms with Crippen LogP contribution in [0.15, 0.2) is 30.3 Å². The fourth-order valence-electron chi connectivity index (χ4n) is 2.84. The van der Waals surface area contributed by atoms with Gasteiger partial charge in [-0.2, -0.15) is 0 Å². The van der Waals surface area contributed by atoms with Gasteiger partial charge in [0, 0.05) is 17.5 Å². The topological polar surface area (TPSA) is 3.24 Å². The van der Waals surface area contributed by atoms with Crippen molar-refractivity contribution in [2.75, 3.05) is 32.7 Å². The zero-order valence-corrected chi connectivity index (χ0v) is 11.1. The monoisotopic (exact) mass is 247 g/mol. The molecule has 0 saturated carbocycles. The third kappa shape index (κ3) is 1.44. The van der Waals surface area contributed by atoms with Gasteiger partial charge >= 0.3 is 0 Å². The summed E-state index contributed by atoms with van der Waals surface area (Å²) in [4.78, 5) is 2.30. The number of nitrogens with zero attached hydrogens (tertiary/aromatic N) is 2. The maximum atomic E-state index is 6.30. The van der Waals surface area contributed by atoms with Gasteiger partial charge in [0.15, 0.2) is 6.67 Å². The van der Waals surface area contributed by atoms with Gasteiger partial charge in [0.05, 0.1) is 25.2 Å². The summed E-state index contributed by atoms with van der Waals surface area (Å²) in [5.41, 5.74) is 2.62. The van der Waals surface area contributed by atoms with Crippen molar-refractivity contribution in [3.8, 4) is 0 Å². The summed E-state index contributed by atoms with van der Waals surface area (Å²) >= 11 is 6.30. The summed E-state index contributed by atoms with van der Waals surface area (Å²) < 4.78 is 0.862. The first kappa shape index (κ1) is 10.9. The van der Waals surface area contributed by atoms with E-state index in [1.165, 1.54) is 16.8 Å². The summed E-state index contributed by atoms with van der Waals surface area (Å²) in [5, 5.41) is 3.28. The number of benzene rings is 2. The largest absolute Gasteiger partial charge is 0.327 e. The Hall–Kier alpha value is -1.25. The SMILES string of the molecule is CN1C[N+](C)(C)c2cccc3c(Cl)ccc1c23. The second kappa shape index (κ2) is 3.37. The molecule has 17 heavy (non-hydrogen) atoms. The van der Waals surface area contributed by atoms with Gasteiger partial charge in [0.1, 0.15) is 5.69 Å². The molecule has 0 saturated heterocycles. The van der Waals surface area contributed by atoms with E-state index >= 15 is 0 Å². The minimum Gasteiger partial charge on any atom is -0.327 e. The molecule has 3 heteroatoms. The minimum absolute atomic E-state index is 0.834. The van der Waals surface area contributed by atoms with Crippen molar-refractivity contribution < 1.29 is 0 Å². The van der Waals surface area contributed by atoms with E-state index in [1.807, 2.05) is 6.07 Å². The molecule has 1 aliphatic heterocycles. The molecule has 0 unspecified atom stereocenters. The van der Waals surface area contributed by atoms with Crippen molar-refractivity contribution in [1.82, 2.24) is 4.48 Å². The Morgan fingerprint density at radius 3 is 2.71 bits per heavy atom. The maximum Gasteiger partial charge on any atom is 0.158 e. The number of halogens is 1. The molecule has 0 aromatic heterocycles. The number of hydrogen-bond donors (Lipinski definition) is 0. The van der Waals surface area contributed by atoms with Crippen LogP contribution in [0.2, 0.25) is 5.02 Å². The van der Waals surface area contributed by atoms with Gasteiger partial charge in [-0.05, 0) is 18.2 Å². The lowest BCUT2D eigenvalue weighted by atomic mass is 10.0. The van der Waals surface area contributed by atoms with Gasteiger partial charge in [-0.1, -0.05) is 23.7 Å². The van der Waals surface area contributed by atoms with Crippen molar-refractivity contribution in [1.29, 1.82) is 0 Å². The number of hydrogen-bond acceptors (Lipinski definition) is 1. The zero-order chi connectivity index (χ0) is 12.2. The lowest BCUT2D eigenvalue weighted by molar-refractivity contribution is 0.398. The second-order valence-electron chi connectivity index (χ2n) is 5.29. The number of rotatable bonds is 0. The fourth-order valence-corrected chi connectivity index (χ4v) is 3.06. The molecule has 1 aliphatic rings. The summed E-state index contributed by atoms with van der Waals surface area (Å²) in [6, 6.07) is 10.5. The molecule has 2 aromatic rings. The maximum absolute atomic E-state index is 6.30. The molecule has 88 valence electrons. The van der Waals surface area contributed by atoms with E-state index in [2.05, 4.69) is 50.3 Å². The molecule has 3 rings (SSSR count). The highest BCUT2D eigenvalue weighted by Crippen LogP contribution is 2.42. The highest BCUT2D eigenvalue weighted by Gasteiger charge is 2.31. The molecule has 0 spiro atoms. The Morgan fingerprint density at radius 1 is 1.18 bits per heavy atom. The molecular weight excluding hydrogens is 232 g/mol. The van der Waals surface area contributed by atoms with Crippen LogP contribution in [0.4, 0.5) is 11.4 Å². The molecule has 0 atom stereocenters. The molecule has 0 amide bonds. The van der Waals surface area contributed by atoms with Crippen LogP contribution in [0.3, 0.4) is 0 Å². The first-order valence-corrected chi connectivity index (χ1v) is 6.14. The lowest BCUT2D eigenvalue weighted by Crippen LogP contribution is -2.50. The predicted octanol–water partition coefficient (Wildman–Crippen LogP) is 3.47. The molecule has 0 fully saturated rings. The van der Waals surface area contributed by atoms with Gasteiger partial charge in [0.25, 0.3) is 0 Å². The molecule has 0 N–H and O–H groups in total. The molecule has 0 radical (unpaired) electrons. The Bertz CT molecular complexity index is 604. The van der Waals surface area contributed by atoms with Crippen LogP contribution in [0.1, 0.15) is 0 Å². The van der Waals surface area contributed by atoms with Crippen LogP contribution in [0.25, 0.3) is 10.8 Å². The Morgan fingerprint density at radius 2 is 1.94 bits per heavy atom. The van der Waals surface area contributed by atoms with Gasteiger partial charge in [-0.3, -0.25) is 4.48 Å². The fraction of sp³-hybridized carbons (Fsp3) is 0.286. The zero-order valence-electron chi connectivity index (χ0n) is 10.4. The molecule has 2 aromatic carbocycles. The highest BCUT2D eigenvalue weighted by molar-refractivity contribution is 6.36. The van der Waals surface area contributed by atoms with Crippen LogP contribution in [0.5, 0.6) is 0 Å². The van der Waals surface area contributed by atoms with Crippen LogP contribution in [-0.2, 0) is 0 Å². The predicted molar refractivity (Wildman–Crippen MR) is 75.9 cm³/mol. The lowest BCUT2D eigenvalue weighted by Gasteiger charge is -2.39. The van der Waals surface area contributed by atoms with Crippen molar-refractivity contribution in [2.45, 2.75) is 0 Å².